The molecule has 0 saturated carbocycles. The number of nitrogens with zero attached hydrogens (tertiary/aromatic N) is 1. The average Bonchev–Trinajstić information content (AvgIpc) is 2.28. The number of ether oxygens (including phenoxy) is 1. The van der Waals surface area contributed by atoms with E-state index in [0.717, 1.165) is 6.20 Å². The van der Waals surface area contributed by atoms with Gasteiger partial charge in [-0.2, -0.15) is 4.72 Å². The van der Waals surface area contributed by atoms with Gasteiger partial charge in [0.05, 0.1) is 6.61 Å². The Bertz CT molecular complexity index is 534. The summed E-state index contributed by atoms with van der Waals surface area (Å²) in [6, 6.07) is -0.0277. The summed E-state index contributed by atoms with van der Waals surface area (Å²) in [6.45, 7) is -0.268. The maximum Gasteiger partial charge on any atom is 0.324 e. The molecule has 1 heterocycles. The molecule has 1 aromatic heterocycles. The number of carboxylic acids is 1. The predicted molar refractivity (Wildman–Crippen MR) is 65.6 cm³/mol. The molecule has 0 aliphatic carbocycles. The predicted octanol–water partition coefficient (Wildman–Crippen LogP) is 0.222. The fourth-order valence-corrected chi connectivity index (χ4v) is 2.79. The van der Waals surface area contributed by atoms with Crippen molar-refractivity contribution in [3.63, 3.8) is 0 Å². The second kappa shape index (κ2) is 6.23. The summed E-state index contributed by atoms with van der Waals surface area (Å²) < 4.78 is 30.9. The molecule has 2 N–H and O–H groups in total. The number of halogens is 1. The molecule has 1 unspecified atom stereocenters. The molecule has 7 nitrogen and oxygen atoms in total. The summed E-state index contributed by atoms with van der Waals surface area (Å²) in [4.78, 5) is 14.4. The van der Waals surface area contributed by atoms with Crippen LogP contribution in [0.25, 0.3) is 0 Å². The Morgan fingerprint density at radius 3 is 2.78 bits per heavy atom. The van der Waals surface area contributed by atoms with E-state index >= 15 is 0 Å². The second-order valence-corrected chi connectivity index (χ2v) is 5.94. The Labute approximate surface area is 112 Å². The smallest absolute Gasteiger partial charge is 0.324 e. The number of hydrogen-bond donors (Lipinski definition) is 2. The highest BCUT2D eigenvalue weighted by molar-refractivity contribution is 9.10. The van der Waals surface area contributed by atoms with Crippen molar-refractivity contribution < 1.29 is 23.1 Å². The van der Waals surface area contributed by atoms with Crippen molar-refractivity contribution in [3.05, 3.63) is 22.9 Å². The van der Waals surface area contributed by atoms with Crippen LogP contribution in [0.5, 0.6) is 0 Å². The Balaban J connectivity index is 2.97. The van der Waals surface area contributed by atoms with E-state index in [1.807, 2.05) is 4.72 Å². The number of aliphatic carboxylic acids is 1. The Kier molecular flexibility index (Phi) is 5.20. The molecule has 1 aromatic rings. The molecule has 0 bridgehead atoms. The van der Waals surface area contributed by atoms with E-state index in [4.69, 9.17) is 5.11 Å². The van der Waals surface area contributed by atoms with Crippen molar-refractivity contribution in [1.82, 2.24) is 9.71 Å². The van der Waals surface area contributed by atoms with Gasteiger partial charge in [-0.25, -0.2) is 8.42 Å². The lowest BCUT2D eigenvalue weighted by Gasteiger charge is -2.13. The summed E-state index contributed by atoms with van der Waals surface area (Å²) in [5, 5.41) is 8.84. The standard InChI is InChI=1S/C9H11BrN2O5S/c1-17-5-8(9(13)14)12-18(15,16)7-2-6(10)3-11-4-7/h2-4,8,12H,5H2,1H3,(H,13,14). The molecule has 1 atom stereocenters. The number of hydrogen-bond acceptors (Lipinski definition) is 5. The minimum atomic E-state index is -3.95. The van der Waals surface area contributed by atoms with Crippen LogP contribution in [-0.4, -0.2) is 44.2 Å². The Hall–Kier alpha value is -1.03. The molecule has 18 heavy (non-hydrogen) atoms. The van der Waals surface area contributed by atoms with Crippen LogP contribution in [0.1, 0.15) is 0 Å². The summed E-state index contributed by atoms with van der Waals surface area (Å²) in [6.07, 6.45) is 2.54. The van der Waals surface area contributed by atoms with Gasteiger partial charge in [-0.15, -0.1) is 0 Å². The number of methoxy groups -OCH3 is 1. The molecule has 100 valence electrons. The number of aromatic nitrogens is 1. The lowest BCUT2D eigenvalue weighted by atomic mass is 10.3. The van der Waals surface area contributed by atoms with Crippen LogP contribution in [0.4, 0.5) is 0 Å². The molecule has 0 fully saturated rings. The number of nitrogens with one attached hydrogen (secondary N) is 1. The zero-order valence-corrected chi connectivity index (χ0v) is 11.7. The largest absolute Gasteiger partial charge is 0.480 e. The van der Waals surface area contributed by atoms with Gasteiger partial charge in [-0.05, 0) is 22.0 Å². The lowest BCUT2D eigenvalue weighted by Crippen LogP contribution is -2.43. The van der Waals surface area contributed by atoms with Crippen molar-refractivity contribution >= 4 is 31.9 Å². The maximum atomic E-state index is 11.9. The normalized spacial score (nSPS) is 13.2. The van der Waals surface area contributed by atoms with E-state index in [1.165, 1.54) is 19.4 Å². The van der Waals surface area contributed by atoms with Crippen LogP contribution in [0.15, 0.2) is 27.8 Å². The van der Waals surface area contributed by atoms with Gasteiger partial charge in [0.15, 0.2) is 0 Å². The van der Waals surface area contributed by atoms with Crippen molar-refractivity contribution in [1.29, 1.82) is 0 Å². The van der Waals surface area contributed by atoms with Gasteiger partial charge < -0.3 is 9.84 Å². The third kappa shape index (κ3) is 4.02. The Morgan fingerprint density at radius 1 is 1.61 bits per heavy atom. The van der Waals surface area contributed by atoms with E-state index in [2.05, 4.69) is 25.7 Å². The van der Waals surface area contributed by atoms with Crippen LogP contribution in [0.3, 0.4) is 0 Å². The number of carbonyl (C=O) groups is 1. The van der Waals surface area contributed by atoms with E-state index < -0.39 is 22.0 Å². The number of sulfonamides is 1. The van der Waals surface area contributed by atoms with Crippen molar-refractivity contribution in [2.24, 2.45) is 0 Å². The highest BCUT2D eigenvalue weighted by Gasteiger charge is 2.25. The van der Waals surface area contributed by atoms with Crippen LogP contribution >= 0.6 is 15.9 Å². The van der Waals surface area contributed by atoms with Crippen LogP contribution in [0, 0.1) is 0 Å². The first-order valence-electron chi connectivity index (χ1n) is 4.71. The number of pyridine rings is 1. The van der Waals surface area contributed by atoms with Crippen molar-refractivity contribution in [3.8, 4) is 0 Å². The lowest BCUT2D eigenvalue weighted by molar-refractivity contribution is -0.140. The molecule has 0 saturated heterocycles. The highest BCUT2D eigenvalue weighted by atomic mass is 79.9. The van der Waals surface area contributed by atoms with Gasteiger partial charge in [-0.3, -0.25) is 9.78 Å². The summed E-state index contributed by atoms with van der Waals surface area (Å²) in [5.41, 5.74) is 0. The minimum absolute atomic E-state index is 0.126. The van der Waals surface area contributed by atoms with Crippen LogP contribution in [-0.2, 0) is 19.6 Å². The SMILES string of the molecule is COCC(NS(=O)(=O)c1cncc(Br)c1)C(=O)O. The minimum Gasteiger partial charge on any atom is -0.480 e. The molecule has 0 aliphatic heterocycles. The second-order valence-electron chi connectivity index (χ2n) is 3.31. The van der Waals surface area contributed by atoms with Gasteiger partial charge in [-0.1, -0.05) is 0 Å². The van der Waals surface area contributed by atoms with E-state index in [0.29, 0.717) is 4.47 Å². The summed E-state index contributed by atoms with van der Waals surface area (Å²) in [7, 11) is -2.67. The average molecular weight is 339 g/mol. The first-order valence-corrected chi connectivity index (χ1v) is 6.99. The molecule has 0 spiro atoms. The quantitative estimate of drug-likeness (QED) is 0.768. The van der Waals surface area contributed by atoms with Gasteiger partial charge in [0.2, 0.25) is 10.0 Å². The zero-order chi connectivity index (χ0) is 13.8. The van der Waals surface area contributed by atoms with Gasteiger partial charge >= 0.3 is 5.97 Å². The molecule has 0 radical (unpaired) electrons. The third-order valence-corrected chi connectivity index (χ3v) is 3.79. The third-order valence-electron chi connectivity index (χ3n) is 1.92. The molecular weight excluding hydrogens is 328 g/mol. The van der Waals surface area contributed by atoms with Crippen molar-refractivity contribution in [2.45, 2.75) is 10.9 Å². The van der Waals surface area contributed by atoms with E-state index in [1.54, 1.807) is 0 Å². The fraction of sp³-hybridized carbons (Fsp3) is 0.333. The molecule has 1 rings (SSSR count). The number of rotatable bonds is 6. The van der Waals surface area contributed by atoms with Gasteiger partial charge in [0.1, 0.15) is 10.9 Å². The Morgan fingerprint density at radius 2 is 2.28 bits per heavy atom. The summed E-state index contributed by atoms with van der Waals surface area (Å²) in [5.74, 6) is -1.32. The number of carboxylic acid groups (broad SMARTS) is 1. The summed E-state index contributed by atoms with van der Waals surface area (Å²) >= 11 is 3.08. The van der Waals surface area contributed by atoms with Crippen LogP contribution < -0.4 is 4.72 Å². The topological polar surface area (TPSA) is 106 Å². The molecule has 0 aromatic carbocycles. The molecule has 0 aliphatic rings. The van der Waals surface area contributed by atoms with Crippen molar-refractivity contribution in [2.75, 3.05) is 13.7 Å². The highest BCUT2D eigenvalue weighted by Crippen LogP contribution is 2.14. The fourth-order valence-electron chi connectivity index (χ4n) is 1.12. The van der Waals surface area contributed by atoms with E-state index in [-0.39, 0.29) is 11.5 Å². The van der Waals surface area contributed by atoms with Gasteiger partial charge in [0.25, 0.3) is 0 Å². The zero-order valence-electron chi connectivity index (χ0n) is 9.33. The van der Waals surface area contributed by atoms with Gasteiger partial charge in [0, 0.05) is 24.0 Å². The maximum absolute atomic E-state index is 11.9. The first-order chi connectivity index (χ1) is 8.36. The van der Waals surface area contributed by atoms with Crippen LogP contribution in [0.2, 0.25) is 0 Å². The molecule has 0 amide bonds. The molecular formula is C9H11BrN2O5S. The van der Waals surface area contributed by atoms with E-state index in [9.17, 15) is 13.2 Å². The first kappa shape index (κ1) is 15.0. The monoisotopic (exact) mass is 338 g/mol. The molecule has 9 heteroatoms.